The van der Waals surface area contributed by atoms with Crippen molar-refractivity contribution in [2.75, 3.05) is 0 Å². The van der Waals surface area contributed by atoms with Gasteiger partial charge in [-0.2, -0.15) is 5.26 Å². The lowest BCUT2D eigenvalue weighted by Crippen LogP contribution is -2.13. The SMILES string of the molecule is C[C@@]1(C#N)C=Cc2ccccc21. The van der Waals surface area contributed by atoms with E-state index in [1.165, 1.54) is 5.56 Å². The second-order valence-corrected chi connectivity index (χ2v) is 3.23. The molecule has 0 unspecified atom stereocenters. The third-order valence-electron chi connectivity index (χ3n) is 2.35. The normalized spacial score (nSPS) is 25.0. The van der Waals surface area contributed by atoms with Gasteiger partial charge in [-0.05, 0) is 18.1 Å². The molecule has 1 nitrogen and oxygen atoms in total. The van der Waals surface area contributed by atoms with E-state index < -0.39 is 5.41 Å². The molecule has 12 heavy (non-hydrogen) atoms. The van der Waals surface area contributed by atoms with Crippen LogP contribution in [0, 0.1) is 11.3 Å². The zero-order valence-electron chi connectivity index (χ0n) is 6.91. The van der Waals surface area contributed by atoms with Gasteiger partial charge in [0, 0.05) is 0 Å². The Hall–Kier alpha value is -1.55. The molecule has 1 aliphatic rings. The number of fused-ring (bicyclic) bond motifs is 1. The van der Waals surface area contributed by atoms with Crippen LogP contribution in [0.25, 0.3) is 6.08 Å². The summed E-state index contributed by atoms with van der Waals surface area (Å²) in [6, 6.07) is 10.3. The molecule has 0 N–H and O–H groups in total. The van der Waals surface area contributed by atoms with Crippen molar-refractivity contribution in [3.05, 3.63) is 41.5 Å². The molecular formula is C11H9N. The van der Waals surface area contributed by atoms with E-state index in [0.29, 0.717) is 0 Å². The second-order valence-electron chi connectivity index (χ2n) is 3.23. The molecule has 0 saturated heterocycles. The molecule has 2 rings (SSSR count). The predicted molar refractivity (Wildman–Crippen MR) is 48.4 cm³/mol. The average molecular weight is 155 g/mol. The molecule has 0 saturated carbocycles. The Labute approximate surface area is 72.0 Å². The number of benzene rings is 1. The minimum absolute atomic E-state index is 0.406. The molecule has 0 bridgehead atoms. The summed E-state index contributed by atoms with van der Waals surface area (Å²) in [6.45, 7) is 1.94. The minimum Gasteiger partial charge on any atom is -0.197 e. The summed E-state index contributed by atoms with van der Waals surface area (Å²) in [4.78, 5) is 0. The van der Waals surface area contributed by atoms with Gasteiger partial charge in [0.15, 0.2) is 0 Å². The van der Waals surface area contributed by atoms with Crippen LogP contribution in [0.3, 0.4) is 0 Å². The number of allylic oxidation sites excluding steroid dienone is 1. The maximum Gasteiger partial charge on any atom is 0.0983 e. The van der Waals surface area contributed by atoms with Crippen LogP contribution in [-0.2, 0) is 5.41 Å². The maximum atomic E-state index is 8.97. The van der Waals surface area contributed by atoms with Crippen LogP contribution in [0.4, 0.5) is 0 Å². The molecule has 0 aromatic heterocycles. The Balaban J connectivity index is 2.65. The molecule has 0 heterocycles. The zero-order chi connectivity index (χ0) is 8.60. The summed E-state index contributed by atoms with van der Waals surface area (Å²) in [5, 5.41) is 8.97. The van der Waals surface area contributed by atoms with E-state index in [1.54, 1.807) is 0 Å². The molecule has 1 aromatic carbocycles. The fourth-order valence-electron chi connectivity index (χ4n) is 1.56. The highest BCUT2D eigenvalue weighted by molar-refractivity contribution is 5.67. The van der Waals surface area contributed by atoms with E-state index in [-0.39, 0.29) is 0 Å². The molecule has 1 heteroatoms. The summed E-state index contributed by atoms with van der Waals surface area (Å²) in [7, 11) is 0. The Morgan fingerprint density at radius 1 is 1.33 bits per heavy atom. The van der Waals surface area contributed by atoms with Crippen molar-refractivity contribution in [3.63, 3.8) is 0 Å². The monoisotopic (exact) mass is 155 g/mol. The Kier molecular flexibility index (Phi) is 1.31. The molecule has 1 aliphatic carbocycles. The number of rotatable bonds is 0. The zero-order valence-corrected chi connectivity index (χ0v) is 6.91. The van der Waals surface area contributed by atoms with Crippen LogP contribution in [0.5, 0.6) is 0 Å². The molecule has 1 atom stereocenters. The quantitative estimate of drug-likeness (QED) is 0.564. The van der Waals surface area contributed by atoms with E-state index in [9.17, 15) is 0 Å². The van der Waals surface area contributed by atoms with E-state index in [0.717, 1.165) is 5.56 Å². The largest absolute Gasteiger partial charge is 0.197 e. The van der Waals surface area contributed by atoms with Gasteiger partial charge in [0.1, 0.15) is 0 Å². The summed E-state index contributed by atoms with van der Waals surface area (Å²) in [5.74, 6) is 0. The van der Waals surface area contributed by atoms with Crippen molar-refractivity contribution >= 4 is 6.08 Å². The summed E-state index contributed by atoms with van der Waals surface area (Å²) in [5.41, 5.74) is 1.88. The van der Waals surface area contributed by atoms with E-state index in [1.807, 2.05) is 43.3 Å². The predicted octanol–water partition coefficient (Wildman–Crippen LogP) is 2.49. The number of hydrogen-bond donors (Lipinski definition) is 0. The molecule has 0 spiro atoms. The van der Waals surface area contributed by atoms with Gasteiger partial charge in [0.25, 0.3) is 0 Å². The molecule has 58 valence electrons. The topological polar surface area (TPSA) is 23.8 Å². The first-order valence-corrected chi connectivity index (χ1v) is 3.96. The van der Waals surface area contributed by atoms with Gasteiger partial charge in [-0.15, -0.1) is 0 Å². The molecule has 0 amide bonds. The van der Waals surface area contributed by atoms with Crippen molar-refractivity contribution in [2.45, 2.75) is 12.3 Å². The van der Waals surface area contributed by atoms with Crippen LogP contribution in [-0.4, -0.2) is 0 Å². The van der Waals surface area contributed by atoms with Gasteiger partial charge in [-0.1, -0.05) is 36.4 Å². The van der Waals surface area contributed by atoms with Gasteiger partial charge < -0.3 is 0 Å². The lowest BCUT2D eigenvalue weighted by Gasteiger charge is -2.13. The summed E-state index contributed by atoms with van der Waals surface area (Å²) >= 11 is 0. The highest BCUT2D eigenvalue weighted by Crippen LogP contribution is 2.34. The average Bonchev–Trinajstić information content (AvgIpc) is 2.46. The van der Waals surface area contributed by atoms with Crippen LogP contribution < -0.4 is 0 Å². The molecular weight excluding hydrogens is 146 g/mol. The molecule has 0 aliphatic heterocycles. The Bertz CT molecular complexity index is 384. The number of hydrogen-bond acceptors (Lipinski definition) is 1. The number of nitrogens with zero attached hydrogens (tertiary/aromatic N) is 1. The standard InChI is InChI=1S/C11H9N/c1-11(8-12)7-6-9-4-2-3-5-10(9)11/h2-7H,1H3/t11-/m0/s1. The maximum absolute atomic E-state index is 8.97. The van der Waals surface area contributed by atoms with Gasteiger partial charge in [-0.3, -0.25) is 0 Å². The van der Waals surface area contributed by atoms with Crippen molar-refractivity contribution in [1.29, 1.82) is 5.26 Å². The minimum atomic E-state index is -0.406. The van der Waals surface area contributed by atoms with Crippen molar-refractivity contribution in [2.24, 2.45) is 0 Å². The van der Waals surface area contributed by atoms with Crippen LogP contribution in [0.2, 0.25) is 0 Å². The third kappa shape index (κ3) is 0.785. The van der Waals surface area contributed by atoms with Crippen LogP contribution >= 0.6 is 0 Å². The van der Waals surface area contributed by atoms with Crippen molar-refractivity contribution in [3.8, 4) is 6.07 Å². The van der Waals surface area contributed by atoms with Gasteiger partial charge in [-0.25, -0.2) is 0 Å². The van der Waals surface area contributed by atoms with E-state index >= 15 is 0 Å². The lowest BCUT2D eigenvalue weighted by molar-refractivity contribution is 0.791. The van der Waals surface area contributed by atoms with Gasteiger partial charge in [0.05, 0.1) is 11.5 Å². The van der Waals surface area contributed by atoms with Crippen LogP contribution in [0.15, 0.2) is 30.3 Å². The van der Waals surface area contributed by atoms with Crippen molar-refractivity contribution in [1.82, 2.24) is 0 Å². The Morgan fingerprint density at radius 3 is 2.83 bits per heavy atom. The first-order chi connectivity index (χ1) is 5.76. The first kappa shape index (κ1) is 7.12. The lowest BCUT2D eigenvalue weighted by atomic mass is 9.87. The molecule has 1 aromatic rings. The summed E-state index contributed by atoms with van der Waals surface area (Å²) < 4.78 is 0. The fraction of sp³-hybridized carbons (Fsp3) is 0.182. The van der Waals surface area contributed by atoms with E-state index in [4.69, 9.17) is 5.26 Å². The summed E-state index contributed by atoms with van der Waals surface area (Å²) in [6.07, 6.45) is 3.97. The molecule has 0 radical (unpaired) electrons. The number of nitriles is 1. The highest BCUT2D eigenvalue weighted by Gasteiger charge is 2.28. The fourth-order valence-corrected chi connectivity index (χ4v) is 1.56. The van der Waals surface area contributed by atoms with Crippen LogP contribution in [0.1, 0.15) is 18.1 Å². The first-order valence-electron chi connectivity index (χ1n) is 3.96. The highest BCUT2D eigenvalue weighted by atomic mass is 14.4. The van der Waals surface area contributed by atoms with E-state index in [2.05, 4.69) is 6.07 Å². The van der Waals surface area contributed by atoms with Gasteiger partial charge >= 0.3 is 0 Å². The second kappa shape index (κ2) is 2.22. The third-order valence-corrected chi connectivity index (χ3v) is 2.35. The van der Waals surface area contributed by atoms with Gasteiger partial charge in [0.2, 0.25) is 0 Å². The Morgan fingerprint density at radius 2 is 2.08 bits per heavy atom. The smallest absolute Gasteiger partial charge is 0.0983 e. The molecule has 0 fully saturated rings. The van der Waals surface area contributed by atoms with Crippen molar-refractivity contribution < 1.29 is 0 Å².